The summed E-state index contributed by atoms with van der Waals surface area (Å²) < 4.78 is 4.73. The second-order valence-electron chi connectivity index (χ2n) is 1.97. The summed E-state index contributed by atoms with van der Waals surface area (Å²) in [6, 6.07) is -0.616. The Morgan fingerprint density at radius 3 is 2.11 bits per heavy atom. The Labute approximate surface area is 54.0 Å². The third-order valence-electron chi connectivity index (χ3n) is 1.38. The van der Waals surface area contributed by atoms with Gasteiger partial charge in [-0.1, -0.05) is 0 Å². The average molecular weight is 133 g/mol. The van der Waals surface area contributed by atoms with E-state index < -0.39 is 6.04 Å². The standard InChI is InChI=1S/C5H11NO3/c1-4(6(7)8)5(2)9-3/h4-5H,1-3H3/t4-,5-/m0/s1. The zero-order valence-electron chi connectivity index (χ0n) is 5.83. The van der Waals surface area contributed by atoms with Crippen LogP contribution in [0.1, 0.15) is 13.8 Å². The molecule has 54 valence electrons. The molecule has 0 aliphatic rings. The van der Waals surface area contributed by atoms with Crippen LogP contribution in [0.4, 0.5) is 0 Å². The number of ether oxygens (including phenoxy) is 1. The Hall–Kier alpha value is -0.640. The van der Waals surface area contributed by atoms with Gasteiger partial charge in [-0.3, -0.25) is 10.1 Å². The Bertz CT molecular complexity index is 104. The third-order valence-corrected chi connectivity index (χ3v) is 1.38. The predicted octanol–water partition coefficient (Wildman–Crippen LogP) is 0.686. The van der Waals surface area contributed by atoms with Crippen LogP contribution in [0, 0.1) is 10.1 Å². The fourth-order valence-corrected chi connectivity index (χ4v) is 0.368. The van der Waals surface area contributed by atoms with Gasteiger partial charge in [-0.2, -0.15) is 0 Å². The molecule has 0 unspecified atom stereocenters. The first-order valence-corrected chi connectivity index (χ1v) is 2.76. The first-order valence-electron chi connectivity index (χ1n) is 2.76. The van der Waals surface area contributed by atoms with Gasteiger partial charge in [-0.05, 0) is 6.92 Å². The van der Waals surface area contributed by atoms with E-state index >= 15 is 0 Å². The zero-order chi connectivity index (χ0) is 7.44. The Kier molecular flexibility index (Phi) is 3.16. The van der Waals surface area contributed by atoms with Gasteiger partial charge in [0.1, 0.15) is 6.10 Å². The summed E-state index contributed by atoms with van der Waals surface area (Å²) in [5.41, 5.74) is 0. The number of rotatable bonds is 3. The minimum atomic E-state index is -0.616. The maximum absolute atomic E-state index is 10.0. The molecule has 0 N–H and O–H groups in total. The third kappa shape index (κ3) is 2.41. The molecule has 0 aliphatic heterocycles. The van der Waals surface area contributed by atoms with Gasteiger partial charge in [-0.15, -0.1) is 0 Å². The normalized spacial score (nSPS) is 16.8. The highest BCUT2D eigenvalue weighted by molar-refractivity contribution is 4.56. The lowest BCUT2D eigenvalue weighted by molar-refractivity contribution is -0.529. The molecule has 4 nitrogen and oxygen atoms in total. The summed E-state index contributed by atoms with van der Waals surface area (Å²) in [7, 11) is 1.46. The van der Waals surface area contributed by atoms with Gasteiger partial charge < -0.3 is 4.74 Å². The summed E-state index contributed by atoms with van der Waals surface area (Å²) in [6.07, 6.45) is -0.306. The molecule has 0 saturated carbocycles. The van der Waals surface area contributed by atoms with Crippen molar-refractivity contribution in [3.8, 4) is 0 Å². The number of methoxy groups -OCH3 is 1. The van der Waals surface area contributed by atoms with Crippen molar-refractivity contribution in [2.45, 2.75) is 26.0 Å². The SMILES string of the molecule is CO[C@@H](C)[C@H](C)[N+](=O)[O-]. The second kappa shape index (κ2) is 3.40. The lowest BCUT2D eigenvalue weighted by Gasteiger charge is -2.09. The second-order valence-corrected chi connectivity index (χ2v) is 1.97. The average Bonchev–Trinajstić information content (AvgIpc) is 1.84. The van der Waals surface area contributed by atoms with Gasteiger partial charge in [0.2, 0.25) is 6.04 Å². The Morgan fingerprint density at radius 1 is 1.56 bits per heavy atom. The van der Waals surface area contributed by atoms with Crippen molar-refractivity contribution in [3.63, 3.8) is 0 Å². The van der Waals surface area contributed by atoms with Gasteiger partial charge in [0.25, 0.3) is 0 Å². The highest BCUT2D eigenvalue weighted by Crippen LogP contribution is 1.98. The smallest absolute Gasteiger partial charge is 0.235 e. The summed E-state index contributed by atoms with van der Waals surface area (Å²) in [6.45, 7) is 3.20. The molecule has 0 amide bonds. The Morgan fingerprint density at radius 2 is 2.00 bits per heavy atom. The first-order chi connectivity index (χ1) is 4.09. The fourth-order valence-electron chi connectivity index (χ4n) is 0.368. The maximum atomic E-state index is 10.0. The molecule has 0 rings (SSSR count). The van der Waals surface area contributed by atoms with Crippen LogP contribution in [0.25, 0.3) is 0 Å². The minimum Gasteiger partial charge on any atom is -0.375 e. The van der Waals surface area contributed by atoms with Crippen molar-refractivity contribution >= 4 is 0 Å². The van der Waals surface area contributed by atoms with Crippen LogP contribution in [0.3, 0.4) is 0 Å². The van der Waals surface area contributed by atoms with Gasteiger partial charge in [0.15, 0.2) is 0 Å². The molecule has 0 spiro atoms. The minimum absolute atomic E-state index is 0.306. The fraction of sp³-hybridized carbons (Fsp3) is 1.00. The molecule has 2 atom stereocenters. The van der Waals surface area contributed by atoms with E-state index in [-0.39, 0.29) is 11.0 Å². The van der Waals surface area contributed by atoms with E-state index in [2.05, 4.69) is 0 Å². The molecule has 0 heterocycles. The topological polar surface area (TPSA) is 52.4 Å². The molecule has 0 bridgehead atoms. The van der Waals surface area contributed by atoms with Crippen molar-refractivity contribution in [1.82, 2.24) is 0 Å². The van der Waals surface area contributed by atoms with E-state index in [0.29, 0.717) is 0 Å². The van der Waals surface area contributed by atoms with Crippen LogP contribution >= 0.6 is 0 Å². The van der Waals surface area contributed by atoms with E-state index in [4.69, 9.17) is 4.74 Å². The van der Waals surface area contributed by atoms with Crippen molar-refractivity contribution in [1.29, 1.82) is 0 Å². The van der Waals surface area contributed by atoms with Crippen LogP contribution in [0.15, 0.2) is 0 Å². The van der Waals surface area contributed by atoms with E-state index in [0.717, 1.165) is 0 Å². The summed E-state index contributed by atoms with van der Waals surface area (Å²) >= 11 is 0. The van der Waals surface area contributed by atoms with Crippen molar-refractivity contribution in [2.75, 3.05) is 7.11 Å². The molecule has 0 fully saturated rings. The number of nitrogens with zero attached hydrogens (tertiary/aromatic N) is 1. The van der Waals surface area contributed by atoms with E-state index in [1.165, 1.54) is 14.0 Å². The van der Waals surface area contributed by atoms with E-state index in [1.807, 2.05) is 0 Å². The molecule has 0 aromatic heterocycles. The molecular formula is C5H11NO3. The molecule has 0 aromatic rings. The van der Waals surface area contributed by atoms with Crippen LogP contribution in [0.2, 0.25) is 0 Å². The molecule has 9 heavy (non-hydrogen) atoms. The quantitative estimate of drug-likeness (QED) is 0.420. The van der Waals surface area contributed by atoms with Gasteiger partial charge in [0.05, 0.1) is 0 Å². The van der Waals surface area contributed by atoms with Crippen LogP contribution in [-0.2, 0) is 4.74 Å². The monoisotopic (exact) mass is 133 g/mol. The number of nitro groups is 1. The van der Waals surface area contributed by atoms with Gasteiger partial charge >= 0.3 is 0 Å². The largest absolute Gasteiger partial charge is 0.375 e. The summed E-state index contributed by atoms with van der Waals surface area (Å²) in [5, 5.41) is 10.0. The van der Waals surface area contributed by atoms with Crippen LogP contribution in [-0.4, -0.2) is 24.2 Å². The van der Waals surface area contributed by atoms with Crippen molar-refractivity contribution in [3.05, 3.63) is 10.1 Å². The van der Waals surface area contributed by atoms with Crippen molar-refractivity contribution < 1.29 is 9.66 Å². The molecule has 0 aliphatic carbocycles. The molecule has 0 radical (unpaired) electrons. The highest BCUT2D eigenvalue weighted by atomic mass is 16.6. The molecular weight excluding hydrogens is 122 g/mol. The zero-order valence-corrected chi connectivity index (χ0v) is 5.83. The number of hydrogen-bond acceptors (Lipinski definition) is 3. The van der Waals surface area contributed by atoms with Crippen LogP contribution < -0.4 is 0 Å². The van der Waals surface area contributed by atoms with E-state index in [9.17, 15) is 10.1 Å². The van der Waals surface area contributed by atoms with Crippen molar-refractivity contribution in [2.24, 2.45) is 0 Å². The van der Waals surface area contributed by atoms with Gasteiger partial charge in [-0.25, -0.2) is 0 Å². The molecule has 0 aromatic carbocycles. The molecule has 0 saturated heterocycles. The Balaban J connectivity index is 3.72. The molecule has 4 heteroatoms. The maximum Gasteiger partial charge on any atom is 0.235 e. The summed E-state index contributed by atoms with van der Waals surface area (Å²) in [5.74, 6) is 0. The highest BCUT2D eigenvalue weighted by Gasteiger charge is 2.20. The van der Waals surface area contributed by atoms with E-state index in [1.54, 1.807) is 6.92 Å². The first kappa shape index (κ1) is 8.36. The lowest BCUT2D eigenvalue weighted by atomic mass is 10.2. The summed E-state index contributed by atoms with van der Waals surface area (Å²) in [4.78, 5) is 9.67. The van der Waals surface area contributed by atoms with Gasteiger partial charge in [0, 0.05) is 19.0 Å². The van der Waals surface area contributed by atoms with Crippen LogP contribution in [0.5, 0.6) is 0 Å². The number of hydrogen-bond donors (Lipinski definition) is 0. The lowest BCUT2D eigenvalue weighted by Crippen LogP contribution is -2.29. The predicted molar refractivity (Wildman–Crippen MR) is 32.9 cm³/mol.